The van der Waals surface area contributed by atoms with Gasteiger partial charge in [0.25, 0.3) is 0 Å². The summed E-state index contributed by atoms with van der Waals surface area (Å²) in [5, 5.41) is 19.7. The van der Waals surface area contributed by atoms with Gasteiger partial charge in [0, 0.05) is 6.07 Å². The van der Waals surface area contributed by atoms with E-state index in [9.17, 15) is 5.11 Å². The molecule has 5 heteroatoms. The Labute approximate surface area is 160 Å². The van der Waals surface area contributed by atoms with Crippen molar-refractivity contribution >= 4 is 0 Å². The summed E-state index contributed by atoms with van der Waals surface area (Å²) >= 11 is 0. The summed E-state index contributed by atoms with van der Waals surface area (Å²) in [4.78, 5) is 0. The van der Waals surface area contributed by atoms with Crippen LogP contribution in [0.4, 0.5) is 0 Å². The minimum absolute atomic E-state index is 0. The van der Waals surface area contributed by atoms with Crippen molar-refractivity contribution in [3.8, 4) is 23.0 Å². The predicted molar refractivity (Wildman–Crippen MR) is 85.6 cm³/mol. The summed E-state index contributed by atoms with van der Waals surface area (Å²) in [6.45, 7) is 5.38. The van der Waals surface area contributed by atoms with Crippen molar-refractivity contribution < 1.29 is 49.2 Å². The van der Waals surface area contributed by atoms with Crippen molar-refractivity contribution in [1.29, 1.82) is 0 Å². The summed E-state index contributed by atoms with van der Waals surface area (Å²) < 4.78 is 10.5. The van der Waals surface area contributed by atoms with Gasteiger partial charge in [0.15, 0.2) is 0 Å². The van der Waals surface area contributed by atoms with E-state index in [1.54, 1.807) is 30.3 Å². The molecule has 2 aromatic carbocycles. The summed E-state index contributed by atoms with van der Waals surface area (Å²) in [6, 6.07) is 13.2. The van der Waals surface area contributed by atoms with Crippen molar-refractivity contribution in [2.75, 3.05) is 13.2 Å². The zero-order valence-electron chi connectivity index (χ0n) is 14.1. The number of phenolic OH excluding ortho intramolecular Hbond substituents is 1. The molecule has 0 bridgehead atoms. The SMILES string of the molecule is CCCCOc1ccc([O-])cc1.CCOc1cccc(O)c1.[Na+]. The Balaban J connectivity index is 0.000000409. The van der Waals surface area contributed by atoms with Crippen LogP contribution < -0.4 is 44.1 Å². The molecule has 0 saturated heterocycles. The maximum atomic E-state index is 10.7. The molecule has 0 amide bonds. The molecule has 120 valence electrons. The summed E-state index contributed by atoms with van der Waals surface area (Å²) in [7, 11) is 0. The molecule has 0 atom stereocenters. The molecule has 1 N–H and O–H groups in total. The number of hydrogen-bond donors (Lipinski definition) is 1. The van der Waals surface area contributed by atoms with Crippen molar-refractivity contribution in [2.24, 2.45) is 0 Å². The average Bonchev–Trinajstić information content (AvgIpc) is 2.51. The number of aromatic hydroxyl groups is 1. The van der Waals surface area contributed by atoms with Crippen molar-refractivity contribution in [3.05, 3.63) is 48.5 Å². The van der Waals surface area contributed by atoms with Gasteiger partial charge in [-0.25, -0.2) is 0 Å². The number of unbranched alkanes of at least 4 members (excludes halogenated alkanes) is 1. The first-order valence-electron chi connectivity index (χ1n) is 7.47. The second-order valence-electron chi connectivity index (χ2n) is 4.60. The number of benzene rings is 2. The molecule has 0 spiro atoms. The van der Waals surface area contributed by atoms with Crippen LogP contribution in [0.2, 0.25) is 0 Å². The third-order valence-corrected chi connectivity index (χ3v) is 2.72. The van der Waals surface area contributed by atoms with E-state index in [4.69, 9.17) is 14.6 Å². The van der Waals surface area contributed by atoms with Gasteiger partial charge in [-0.3, -0.25) is 0 Å². The first kappa shape index (κ1) is 21.6. The molecule has 0 unspecified atom stereocenters. The van der Waals surface area contributed by atoms with E-state index >= 15 is 0 Å². The zero-order valence-corrected chi connectivity index (χ0v) is 16.1. The molecule has 0 fully saturated rings. The number of phenols is 1. The normalized spacial score (nSPS) is 9.13. The molecule has 2 aromatic rings. The van der Waals surface area contributed by atoms with Crippen LogP contribution in [0.1, 0.15) is 26.7 Å². The van der Waals surface area contributed by atoms with Gasteiger partial charge in [-0.2, -0.15) is 0 Å². The van der Waals surface area contributed by atoms with Gasteiger partial charge in [0.2, 0.25) is 0 Å². The van der Waals surface area contributed by atoms with E-state index in [-0.39, 0.29) is 41.1 Å². The summed E-state index contributed by atoms with van der Waals surface area (Å²) in [5.41, 5.74) is 0. The Bertz CT molecular complexity index is 529. The van der Waals surface area contributed by atoms with Crippen LogP contribution >= 0.6 is 0 Å². The molecule has 23 heavy (non-hydrogen) atoms. The van der Waals surface area contributed by atoms with Gasteiger partial charge in [-0.05, 0) is 37.6 Å². The van der Waals surface area contributed by atoms with Crippen LogP contribution in [-0.4, -0.2) is 18.3 Å². The molecule has 0 heterocycles. The molecule has 0 aliphatic rings. The fourth-order valence-electron chi connectivity index (χ4n) is 1.61. The number of rotatable bonds is 6. The zero-order chi connectivity index (χ0) is 16.2. The third-order valence-electron chi connectivity index (χ3n) is 2.72. The predicted octanol–water partition coefficient (Wildman–Crippen LogP) is 0.734. The van der Waals surface area contributed by atoms with Crippen molar-refractivity contribution in [2.45, 2.75) is 26.7 Å². The first-order chi connectivity index (χ1) is 10.7. The second-order valence-corrected chi connectivity index (χ2v) is 4.60. The van der Waals surface area contributed by atoms with E-state index in [0.717, 1.165) is 25.2 Å². The smallest absolute Gasteiger partial charge is 0.872 e. The van der Waals surface area contributed by atoms with Gasteiger partial charge >= 0.3 is 29.6 Å². The number of ether oxygens (including phenoxy) is 2. The molecule has 0 saturated carbocycles. The van der Waals surface area contributed by atoms with E-state index < -0.39 is 0 Å². The van der Waals surface area contributed by atoms with E-state index in [1.165, 1.54) is 12.1 Å². The molecule has 0 aliphatic heterocycles. The number of hydrogen-bond acceptors (Lipinski definition) is 4. The molecule has 4 nitrogen and oxygen atoms in total. The Hall–Kier alpha value is -1.36. The Kier molecular flexibility index (Phi) is 12.3. The molecular formula is C18H23NaO4. The Morgan fingerprint density at radius 3 is 2.22 bits per heavy atom. The van der Waals surface area contributed by atoms with Crippen LogP contribution in [0.3, 0.4) is 0 Å². The molecular weight excluding hydrogens is 303 g/mol. The van der Waals surface area contributed by atoms with Crippen LogP contribution in [-0.2, 0) is 0 Å². The molecule has 0 aromatic heterocycles. The second kappa shape index (κ2) is 13.1. The van der Waals surface area contributed by atoms with Gasteiger partial charge in [-0.1, -0.05) is 31.5 Å². The quantitative estimate of drug-likeness (QED) is 0.628. The first-order valence-corrected chi connectivity index (χ1v) is 7.47. The minimum Gasteiger partial charge on any atom is -0.872 e. The van der Waals surface area contributed by atoms with Gasteiger partial charge < -0.3 is 19.7 Å². The van der Waals surface area contributed by atoms with Gasteiger partial charge in [0.05, 0.1) is 13.2 Å². The Morgan fingerprint density at radius 2 is 1.65 bits per heavy atom. The third kappa shape index (κ3) is 10.1. The fourth-order valence-corrected chi connectivity index (χ4v) is 1.61. The van der Waals surface area contributed by atoms with E-state index in [0.29, 0.717) is 12.4 Å². The maximum Gasteiger partial charge on any atom is 1.00 e. The van der Waals surface area contributed by atoms with E-state index in [2.05, 4.69) is 6.92 Å². The monoisotopic (exact) mass is 326 g/mol. The molecule has 0 aliphatic carbocycles. The van der Waals surface area contributed by atoms with Crippen LogP contribution in [0.25, 0.3) is 0 Å². The summed E-state index contributed by atoms with van der Waals surface area (Å²) in [6.07, 6.45) is 2.18. The van der Waals surface area contributed by atoms with Gasteiger partial charge in [0.1, 0.15) is 17.2 Å². The Morgan fingerprint density at radius 1 is 0.957 bits per heavy atom. The molecule has 0 radical (unpaired) electrons. The minimum atomic E-state index is 0. The topological polar surface area (TPSA) is 61.8 Å². The fraction of sp³-hybridized carbons (Fsp3) is 0.333. The van der Waals surface area contributed by atoms with Crippen LogP contribution in [0.15, 0.2) is 48.5 Å². The van der Waals surface area contributed by atoms with Crippen LogP contribution in [0, 0.1) is 0 Å². The van der Waals surface area contributed by atoms with E-state index in [1.807, 2.05) is 13.0 Å². The largest absolute Gasteiger partial charge is 1.00 e. The molecule has 2 rings (SSSR count). The van der Waals surface area contributed by atoms with Crippen molar-refractivity contribution in [1.82, 2.24) is 0 Å². The van der Waals surface area contributed by atoms with Crippen LogP contribution in [0.5, 0.6) is 23.0 Å². The summed E-state index contributed by atoms with van der Waals surface area (Å²) in [5.74, 6) is 1.76. The standard InChI is InChI=1S/C10H14O2.C8H10O2.Na/c1-2-3-8-12-10-6-4-9(11)5-7-10;1-2-10-8-5-3-4-7(9)6-8;/h4-7,11H,2-3,8H2,1H3;3-6,9H,2H2,1H3;/q;;+1/p-1. The maximum absolute atomic E-state index is 10.7. The average molecular weight is 326 g/mol. The van der Waals surface area contributed by atoms with Crippen molar-refractivity contribution in [3.63, 3.8) is 0 Å². The van der Waals surface area contributed by atoms with Gasteiger partial charge in [-0.15, -0.1) is 5.75 Å².